The molecular formula is C16H33NO3Si. The SMILES string of the molecule is CN[C@@H](CCO[Si](C)(C)C(C)(C)C)C(=O)OC1CCCC1. The zero-order chi connectivity index (χ0) is 16.1. The van der Waals surface area contributed by atoms with Gasteiger partial charge in [0.25, 0.3) is 0 Å². The average Bonchev–Trinajstić information content (AvgIpc) is 2.85. The fraction of sp³-hybridized carbons (Fsp3) is 0.938. The molecule has 0 saturated heterocycles. The normalized spacial score (nSPS) is 18.8. The molecule has 1 aliphatic carbocycles. The fourth-order valence-corrected chi connectivity index (χ4v) is 3.34. The van der Waals surface area contributed by atoms with Gasteiger partial charge in [0.05, 0.1) is 0 Å². The van der Waals surface area contributed by atoms with Crippen molar-refractivity contribution in [3.8, 4) is 0 Å². The van der Waals surface area contributed by atoms with Crippen molar-refractivity contribution in [2.75, 3.05) is 13.7 Å². The molecule has 0 bridgehead atoms. The van der Waals surface area contributed by atoms with Gasteiger partial charge in [-0.05, 0) is 57.3 Å². The van der Waals surface area contributed by atoms with Gasteiger partial charge in [-0.3, -0.25) is 4.79 Å². The summed E-state index contributed by atoms with van der Waals surface area (Å²) in [5.74, 6) is -0.122. The van der Waals surface area contributed by atoms with Crippen molar-refractivity contribution in [2.45, 2.75) is 83.2 Å². The van der Waals surface area contributed by atoms with Crippen LogP contribution < -0.4 is 5.32 Å². The van der Waals surface area contributed by atoms with Crippen LogP contribution in [0.4, 0.5) is 0 Å². The minimum absolute atomic E-state index is 0.122. The molecule has 1 saturated carbocycles. The standard InChI is InChI=1S/C16H33NO3Si/c1-16(2,3)21(5,6)19-12-11-14(17-4)15(18)20-13-9-7-8-10-13/h13-14,17H,7-12H2,1-6H3/t14-/m0/s1. The lowest BCUT2D eigenvalue weighted by Crippen LogP contribution is -2.43. The van der Waals surface area contributed by atoms with Gasteiger partial charge in [0.2, 0.25) is 0 Å². The number of likely N-dealkylation sites (N-methyl/N-ethyl adjacent to an activating group) is 1. The third kappa shape index (κ3) is 5.72. The molecule has 0 aromatic carbocycles. The molecule has 1 fully saturated rings. The summed E-state index contributed by atoms with van der Waals surface area (Å²) in [5.41, 5.74) is 0. The van der Waals surface area contributed by atoms with Crippen molar-refractivity contribution in [3.05, 3.63) is 0 Å². The molecular weight excluding hydrogens is 282 g/mol. The Kier molecular flexibility index (Phi) is 6.88. The molecule has 124 valence electrons. The Morgan fingerprint density at radius 1 is 1.29 bits per heavy atom. The molecule has 0 aromatic heterocycles. The third-order valence-electron chi connectivity index (χ3n) is 4.89. The molecule has 21 heavy (non-hydrogen) atoms. The average molecular weight is 316 g/mol. The van der Waals surface area contributed by atoms with Gasteiger partial charge >= 0.3 is 5.97 Å². The second-order valence-electron chi connectivity index (χ2n) is 7.58. The summed E-state index contributed by atoms with van der Waals surface area (Å²) in [6, 6.07) is -0.254. The van der Waals surface area contributed by atoms with E-state index in [2.05, 4.69) is 39.2 Å². The van der Waals surface area contributed by atoms with E-state index in [1.165, 1.54) is 12.8 Å². The lowest BCUT2D eigenvalue weighted by Gasteiger charge is -2.36. The number of ether oxygens (including phenoxy) is 1. The molecule has 1 aliphatic rings. The number of carbonyl (C=O) groups is 1. The molecule has 0 spiro atoms. The van der Waals surface area contributed by atoms with Crippen LogP contribution in [0.3, 0.4) is 0 Å². The van der Waals surface area contributed by atoms with E-state index in [1.54, 1.807) is 0 Å². The molecule has 0 heterocycles. The first kappa shape index (κ1) is 18.7. The van der Waals surface area contributed by atoms with Crippen LogP contribution in [0.1, 0.15) is 52.9 Å². The molecule has 0 aliphatic heterocycles. The smallest absolute Gasteiger partial charge is 0.323 e. The van der Waals surface area contributed by atoms with Gasteiger partial charge in [0.15, 0.2) is 8.32 Å². The first-order valence-corrected chi connectivity index (χ1v) is 11.1. The van der Waals surface area contributed by atoms with E-state index in [-0.39, 0.29) is 23.2 Å². The van der Waals surface area contributed by atoms with Gasteiger partial charge in [0, 0.05) is 6.61 Å². The second kappa shape index (κ2) is 7.74. The molecule has 1 rings (SSSR count). The summed E-state index contributed by atoms with van der Waals surface area (Å²) >= 11 is 0. The van der Waals surface area contributed by atoms with E-state index < -0.39 is 8.32 Å². The van der Waals surface area contributed by atoms with Crippen LogP contribution in [-0.4, -0.2) is 40.1 Å². The first-order valence-electron chi connectivity index (χ1n) is 8.19. The molecule has 1 N–H and O–H groups in total. The van der Waals surface area contributed by atoms with E-state index in [9.17, 15) is 4.79 Å². The molecule has 0 amide bonds. The van der Waals surface area contributed by atoms with Crippen molar-refractivity contribution in [3.63, 3.8) is 0 Å². The van der Waals surface area contributed by atoms with E-state index in [0.29, 0.717) is 13.0 Å². The van der Waals surface area contributed by atoms with E-state index in [0.717, 1.165) is 12.8 Å². The van der Waals surface area contributed by atoms with Crippen molar-refractivity contribution < 1.29 is 14.0 Å². The van der Waals surface area contributed by atoms with Gasteiger partial charge in [-0.25, -0.2) is 0 Å². The highest BCUT2D eigenvalue weighted by atomic mass is 28.4. The van der Waals surface area contributed by atoms with E-state index >= 15 is 0 Å². The Morgan fingerprint density at radius 2 is 1.86 bits per heavy atom. The highest BCUT2D eigenvalue weighted by Gasteiger charge is 2.37. The Hall–Kier alpha value is -0.393. The summed E-state index contributed by atoms with van der Waals surface area (Å²) in [7, 11) is 0.0775. The summed E-state index contributed by atoms with van der Waals surface area (Å²) in [5, 5.41) is 3.26. The zero-order valence-electron chi connectivity index (χ0n) is 14.6. The zero-order valence-corrected chi connectivity index (χ0v) is 15.6. The van der Waals surface area contributed by atoms with Crippen LogP contribution in [-0.2, 0) is 14.0 Å². The van der Waals surface area contributed by atoms with Crippen molar-refractivity contribution in [1.29, 1.82) is 0 Å². The molecule has 0 unspecified atom stereocenters. The maximum absolute atomic E-state index is 12.2. The maximum atomic E-state index is 12.2. The lowest BCUT2D eigenvalue weighted by molar-refractivity contribution is -0.151. The number of esters is 1. The Bertz CT molecular complexity index is 333. The number of nitrogens with one attached hydrogen (secondary N) is 1. The number of carbonyl (C=O) groups excluding carboxylic acids is 1. The lowest BCUT2D eigenvalue weighted by atomic mass is 10.2. The van der Waals surface area contributed by atoms with Gasteiger partial charge in [0.1, 0.15) is 12.1 Å². The van der Waals surface area contributed by atoms with Crippen LogP contribution in [0, 0.1) is 0 Å². The maximum Gasteiger partial charge on any atom is 0.323 e. The highest BCUT2D eigenvalue weighted by molar-refractivity contribution is 6.74. The predicted molar refractivity (Wildman–Crippen MR) is 89.0 cm³/mol. The minimum Gasteiger partial charge on any atom is -0.461 e. The van der Waals surface area contributed by atoms with Crippen molar-refractivity contribution in [2.24, 2.45) is 0 Å². The largest absolute Gasteiger partial charge is 0.461 e. The number of hydrogen-bond donors (Lipinski definition) is 1. The van der Waals surface area contributed by atoms with Gasteiger partial charge < -0.3 is 14.5 Å². The van der Waals surface area contributed by atoms with Crippen LogP contribution >= 0.6 is 0 Å². The fourth-order valence-electron chi connectivity index (χ4n) is 2.28. The van der Waals surface area contributed by atoms with Crippen molar-refractivity contribution in [1.82, 2.24) is 5.32 Å². The van der Waals surface area contributed by atoms with Crippen LogP contribution in [0.15, 0.2) is 0 Å². The predicted octanol–water partition coefficient (Wildman–Crippen LogP) is 3.47. The van der Waals surface area contributed by atoms with Crippen LogP contribution in [0.2, 0.25) is 18.1 Å². The minimum atomic E-state index is -1.73. The molecule has 4 nitrogen and oxygen atoms in total. The number of hydrogen-bond acceptors (Lipinski definition) is 4. The molecule has 0 aromatic rings. The molecule has 0 radical (unpaired) electrons. The van der Waals surface area contributed by atoms with Crippen LogP contribution in [0.5, 0.6) is 0 Å². The molecule has 5 heteroatoms. The Labute approximate surface area is 131 Å². The van der Waals surface area contributed by atoms with Gasteiger partial charge in [-0.1, -0.05) is 20.8 Å². The molecule has 1 atom stereocenters. The summed E-state index contributed by atoms with van der Waals surface area (Å²) in [4.78, 5) is 12.2. The van der Waals surface area contributed by atoms with E-state index in [4.69, 9.17) is 9.16 Å². The summed E-state index contributed by atoms with van der Waals surface area (Å²) in [6.45, 7) is 11.8. The second-order valence-corrected chi connectivity index (χ2v) is 12.4. The Balaban J connectivity index is 2.38. The van der Waals surface area contributed by atoms with Gasteiger partial charge in [-0.2, -0.15) is 0 Å². The Morgan fingerprint density at radius 3 is 2.33 bits per heavy atom. The third-order valence-corrected chi connectivity index (χ3v) is 9.43. The number of rotatable bonds is 7. The highest BCUT2D eigenvalue weighted by Crippen LogP contribution is 2.36. The van der Waals surface area contributed by atoms with Crippen molar-refractivity contribution >= 4 is 14.3 Å². The topological polar surface area (TPSA) is 47.6 Å². The quantitative estimate of drug-likeness (QED) is 0.577. The summed E-state index contributed by atoms with van der Waals surface area (Å²) < 4.78 is 11.7. The monoisotopic (exact) mass is 315 g/mol. The van der Waals surface area contributed by atoms with E-state index in [1.807, 2.05) is 7.05 Å². The first-order chi connectivity index (χ1) is 9.67. The summed E-state index contributed by atoms with van der Waals surface area (Å²) in [6.07, 6.45) is 5.20. The van der Waals surface area contributed by atoms with Crippen LogP contribution in [0.25, 0.3) is 0 Å². The van der Waals surface area contributed by atoms with Gasteiger partial charge in [-0.15, -0.1) is 0 Å².